The molecule has 0 saturated carbocycles. The summed E-state index contributed by atoms with van der Waals surface area (Å²) in [7, 11) is 1.61. The van der Waals surface area contributed by atoms with Gasteiger partial charge in [-0.3, -0.25) is 4.98 Å². The van der Waals surface area contributed by atoms with Gasteiger partial charge in [0.2, 0.25) is 0 Å². The zero-order chi connectivity index (χ0) is 14.7. The van der Waals surface area contributed by atoms with Crippen LogP contribution in [-0.4, -0.2) is 21.9 Å². The quantitative estimate of drug-likeness (QED) is 0.796. The van der Waals surface area contributed by atoms with E-state index in [2.05, 4.69) is 10.1 Å². The summed E-state index contributed by atoms with van der Waals surface area (Å²) in [6.07, 6.45) is 7.10. The van der Waals surface area contributed by atoms with Crippen LogP contribution in [-0.2, 0) is 0 Å². The van der Waals surface area contributed by atoms with Gasteiger partial charge in [0.25, 0.3) is 0 Å². The summed E-state index contributed by atoms with van der Waals surface area (Å²) in [6.45, 7) is 0. The van der Waals surface area contributed by atoms with Crippen LogP contribution in [0, 0.1) is 0 Å². The first kappa shape index (κ1) is 13.3. The molecule has 2 aromatic heterocycles. The van der Waals surface area contributed by atoms with E-state index in [1.807, 2.05) is 47.3 Å². The number of ether oxygens (including phenoxy) is 1. The predicted octanol–water partition coefficient (Wildman–Crippen LogP) is 2.32. The Bertz CT molecular complexity index is 724. The molecule has 0 spiro atoms. The Kier molecular flexibility index (Phi) is 3.66. The van der Waals surface area contributed by atoms with Crippen molar-refractivity contribution >= 4 is 0 Å². The number of nitrogens with zero attached hydrogens (tertiary/aromatic N) is 3. The van der Waals surface area contributed by atoms with Crippen LogP contribution in [0.25, 0.3) is 5.69 Å². The van der Waals surface area contributed by atoms with E-state index in [1.165, 1.54) is 0 Å². The molecule has 0 fully saturated rings. The normalized spacial score (nSPS) is 12.1. The Labute approximate surface area is 123 Å². The number of nitrogens with two attached hydrogens (primary N) is 1. The third-order valence-corrected chi connectivity index (χ3v) is 3.31. The van der Waals surface area contributed by atoms with E-state index in [0.717, 1.165) is 16.8 Å². The molecule has 1 unspecified atom stereocenters. The highest BCUT2D eigenvalue weighted by Gasteiger charge is 2.13. The smallest absolute Gasteiger partial charge is 0.137 e. The van der Waals surface area contributed by atoms with E-state index in [1.54, 1.807) is 25.7 Å². The second-order valence-electron chi connectivity index (χ2n) is 4.69. The van der Waals surface area contributed by atoms with E-state index in [0.29, 0.717) is 5.75 Å². The average molecular weight is 280 g/mol. The minimum Gasteiger partial charge on any atom is -0.495 e. The number of benzene rings is 1. The lowest BCUT2D eigenvalue weighted by molar-refractivity contribution is 0.412. The Balaban J connectivity index is 1.88. The first-order valence-corrected chi connectivity index (χ1v) is 6.62. The average Bonchev–Trinajstić information content (AvgIpc) is 3.05. The highest BCUT2D eigenvalue weighted by molar-refractivity contribution is 5.35. The van der Waals surface area contributed by atoms with Gasteiger partial charge in [-0.1, -0.05) is 18.2 Å². The van der Waals surface area contributed by atoms with Gasteiger partial charge in [0.1, 0.15) is 5.75 Å². The minimum absolute atomic E-state index is 0.287. The number of hydrogen-bond acceptors (Lipinski definition) is 4. The molecule has 0 bridgehead atoms. The number of rotatable bonds is 4. The highest BCUT2D eigenvalue weighted by atomic mass is 16.5. The van der Waals surface area contributed by atoms with Crippen LogP contribution in [0.1, 0.15) is 17.2 Å². The van der Waals surface area contributed by atoms with Gasteiger partial charge >= 0.3 is 0 Å². The summed E-state index contributed by atoms with van der Waals surface area (Å²) in [6, 6.07) is 11.5. The minimum atomic E-state index is -0.287. The van der Waals surface area contributed by atoms with Gasteiger partial charge in [-0.25, -0.2) is 4.68 Å². The summed E-state index contributed by atoms with van der Waals surface area (Å²) in [4.78, 5) is 4.13. The lowest BCUT2D eigenvalue weighted by Crippen LogP contribution is -2.11. The van der Waals surface area contributed by atoms with E-state index in [9.17, 15) is 0 Å². The largest absolute Gasteiger partial charge is 0.495 e. The summed E-state index contributed by atoms with van der Waals surface area (Å²) in [5.41, 5.74) is 9.10. The van der Waals surface area contributed by atoms with Crippen LogP contribution >= 0.6 is 0 Å². The van der Waals surface area contributed by atoms with Gasteiger partial charge in [-0.15, -0.1) is 0 Å². The highest BCUT2D eigenvalue weighted by Crippen LogP contribution is 2.22. The Morgan fingerprint density at radius 2 is 1.90 bits per heavy atom. The van der Waals surface area contributed by atoms with Gasteiger partial charge in [-0.2, -0.15) is 5.10 Å². The Morgan fingerprint density at radius 3 is 2.67 bits per heavy atom. The van der Waals surface area contributed by atoms with E-state index in [4.69, 9.17) is 10.5 Å². The summed E-state index contributed by atoms with van der Waals surface area (Å²) in [5, 5.41) is 4.36. The fourth-order valence-corrected chi connectivity index (χ4v) is 2.13. The fourth-order valence-electron chi connectivity index (χ4n) is 2.13. The topological polar surface area (TPSA) is 66.0 Å². The lowest BCUT2D eigenvalue weighted by atomic mass is 10.0. The molecule has 0 amide bonds. The van der Waals surface area contributed by atoms with Crippen molar-refractivity contribution < 1.29 is 4.74 Å². The third-order valence-electron chi connectivity index (χ3n) is 3.31. The van der Waals surface area contributed by atoms with Crippen LogP contribution in [0.4, 0.5) is 0 Å². The first-order chi connectivity index (χ1) is 10.3. The lowest BCUT2D eigenvalue weighted by Gasteiger charge is -2.10. The maximum Gasteiger partial charge on any atom is 0.137 e. The van der Waals surface area contributed by atoms with Crippen molar-refractivity contribution in [1.82, 2.24) is 14.8 Å². The van der Waals surface area contributed by atoms with Crippen molar-refractivity contribution in [2.45, 2.75) is 6.04 Å². The molecule has 2 heterocycles. The Hall–Kier alpha value is -2.66. The third kappa shape index (κ3) is 2.78. The molecular formula is C16H16N4O. The molecule has 3 rings (SSSR count). The summed E-state index contributed by atoms with van der Waals surface area (Å²) < 4.78 is 6.98. The van der Waals surface area contributed by atoms with Gasteiger partial charge in [0.15, 0.2) is 0 Å². The van der Waals surface area contributed by atoms with Gasteiger partial charge < -0.3 is 10.5 Å². The van der Waals surface area contributed by atoms with Crippen LogP contribution in [0.15, 0.2) is 61.2 Å². The van der Waals surface area contributed by atoms with Crippen molar-refractivity contribution in [2.75, 3.05) is 7.11 Å². The van der Waals surface area contributed by atoms with E-state index in [-0.39, 0.29) is 6.04 Å². The number of aromatic nitrogens is 3. The number of methoxy groups -OCH3 is 1. The standard InChI is InChI=1S/C16H16N4O/c1-21-15-7-12(8-18-10-15)16(17)13-9-19-20(11-13)14-5-3-2-4-6-14/h2-11,16H,17H2,1H3. The molecule has 5 heteroatoms. The molecule has 2 N–H and O–H groups in total. The molecule has 3 aromatic rings. The molecule has 21 heavy (non-hydrogen) atoms. The molecule has 1 aromatic carbocycles. The molecular weight excluding hydrogens is 264 g/mol. The van der Waals surface area contributed by atoms with Gasteiger partial charge in [0, 0.05) is 18.0 Å². The SMILES string of the molecule is COc1cncc(C(N)c2cnn(-c3ccccc3)c2)c1. The van der Waals surface area contributed by atoms with Gasteiger partial charge in [0.05, 0.1) is 31.2 Å². The molecule has 0 aliphatic rings. The van der Waals surface area contributed by atoms with Crippen LogP contribution < -0.4 is 10.5 Å². The fraction of sp³-hybridized carbons (Fsp3) is 0.125. The van der Waals surface area contributed by atoms with E-state index < -0.39 is 0 Å². The zero-order valence-electron chi connectivity index (χ0n) is 11.7. The van der Waals surface area contributed by atoms with Crippen LogP contribution in [0.2, 0.25) is 0 Å². The number of hydrogen-bond donors (Lipinski definition) is 1. The van der Waals surface area contributed by atoms with Crippen molar-refractivity contribution in [3.8, 4) is 11.4 Å². The molecule has 5 nitrogen and oxygen atoms in total. The molecule has 106 valence electrons. The molecule has 0 aliphatic heterocycles. The van der Waals surface area contributed by atoms with Crippen LogP contribution in [0.5, 0.6) is 5.75 Å². The summed E-state index contributed by atoms with van der Waals surface area (Å²) >= 11 is 0. The maximum absolute atomic E-state index is 6.28. The molecule has 1 atom stereocenters. The molecule has 0 aliphatic carbocycles. The molecule has 0 saturated heterocycles. The van der Waals surface area contributed by atoms with E-state index >= 15 is 0 Å². The monoisotopic (exact) mass is 280 g/mol. The second kappa shape index (κ2) is 5.76. The number of pyridine rings is 1. The summed E-state index contributed by atoms with van der Waals surface area (Å²) in [5.74, 6) is 0.693. The number of para-hydroxylation sites is 1. The Morgan fingerprint density at radius 1 is 1.10 bits per heavy atom. The van der Waals surface area contributed by atoms with Crippen molar-refractivity contribution in [3.63, 3.8) is 0 Å². The predicted molar refractivity (Wildman–Crippen MR) is 80.4 cm³/mol. The first-order valence-electron chi connectivity index (χ1n) is 6.62. The van der Waals surface area contributed by atoms with Crippen molar-refractivity contribution in [2.24, 2.45) is 5.73 Å². The van der Waals surface area contributed by atoms with Crippen LogP contribution in [0.3, 0.4) is 0 Å². The van der Waals surface area contributed by atoms with Crippen molar-refractivity contribution in [3.05, 3.63) is 72.3 Å². The van der Waals surface area contributed by atoms with Crippen molar-refractivity contribution in [1.29, 1.82) is 0 Å². The maximum atomic E-state index is 6.28. The second-order valence-corrected chi connectivity index (χ2v) is 4.69. The van der Waals surface area contributed by atoms with Gasteiger partial charge in [-0.05, 0) is 23.8 Å². The zero-order valence-corrected chi connectivity index (χ0v) is 11.7. The molecule has 0 radical (unpaired) electrons.